The van der Waals surface area contributed by atoms with Crippen molar-refractivity contribution in [3.63, 3.8) is 0 Å². The topological polar surface area (TPSA) is 71.5 Å². The van der Waals surface area contributed by atoms with Crippen molar-refractivity contribution in [2.75, 3.05) is 0 Å². The van der Waals surface area contributed by atoms with Gasteiger partial charge in [-0.1, -0.05) is 6.42 Å². The van der Waals surface area contributed by atoms with E-state index in [9.17, 15) is 10.1 Å². The summed E-state index contributed by atoms with van der Waals surface area (Å²) in [6, 6.07) is 4.00. The van der Waals surface area contributed by atoms with Crippen molar-refractivity contribution in [1.29, 1.82) is 0 Å². The lowest BCUT2D eigenvalue weighted by Crippen LogP contribution is -2.51. The second kappa shape index (κ2) is 5.49. The van der Waals surface area contributed by atoms with Crippen LogP contribution in [0.4, 0.5) is 5.88 Å². The minimum absolute atomic E-state index is 0.202. The van der Waals surface area contributed by atoms with E-state index in [2.05, 4.69) is 24.3 Å². The summed E-state index contributed by atoms with van der Waals surface area (Å²) in [5.41, 5.74) is 3.31. The normalized spacial score (nSPS) is 25.2. The third-order valence-electron chi connectivity index (χ3n) is 3.46. The van der Waals surface area contributed by atoms with Crippen LogP contribution in [-0.2, 0) is 6.54 Å². The highest BCUT2D eigenvalue weighted by Gasteiger charge is 2.24. The predicted molar refractivity (Wildman–Crippen MR) is 66.8 cm³/mol. The molecule has 6 nitrogen and oxygen atoms in total. The van der Waals surface area contributed by atoms with Gasteiger partial charge < -0.3 is 4.42 Å². The van der Waals surface area contributed by atoms with Crippen molar-refractivity contribution in [1.82, 2.24) is 10.4 Å². The van der Waals surface area contributed by atoms with Crippen molar-refractivity contribution < 1.29 is 9.34 Å². The van der Waals surface area contributed by atoms with E-state index in [-0.39, 0.29) is 5.88 Å². The van der Waals surface area contributed by atoms with Crippen LogP contribution in [0.3, 0.4) is 0 Å². The minimum Gasteiger partial charge on any atom is -0.404 e. The van der Waals surface area contributed by atoms with Crippen molar-refractivity contribution in [2.24, 2.45) is 0 Å². The summed E-state index contributed by atoms with van der Waals surface area (Å²) in [5.74, 6) is 0.387. The number of hydrogen-bond donors (Lipinski definition) is 1. The molecule has 0 aliphatic carbocycles. The zero-order valence-electron chi connectivity index (χ0n) is 10.8. The van der Waals surface area contributed by atoms with Gasteiger partial charge in [0.1, 0.15) is 10.7 Å². The zero-order valence-corrected chi connectivity index (χ0v) is 10.8. The third-order valence-corrected chi connectivity index (χ3v) is 3.46. The van der Waals surface area contributed by atoms with Crippen LogP contribution in [0.25, 0.3) is 0 Å². The van der Waals surface area contributed by atoms with E-state index in [4.69, 9.17) is 4.42 Å². The summed E-state index contributed by atoms with van der Waals surface area (Å²) in [7, 11) is 0. The van der Waals surface area contributed by atoms with Crippen LogP contribution >= 0.6 is 0 Å². The predicted octanol–water partition coefficient (Wildman–Crippen LogP) is 2.46. The Balaban J connectivity index is 1.91. The van der Waals surface area contributed by atoms with Gasteiger partial charge in [-0.15, -0.1) is 0 Å². The summed E-state index contributed by atoms with van der Waals surface area (Å²) in [5, 5.41) is 12.7. The Hall–Kier alpha value is -1.40. The average molecular weight is 253 g/mol. The second-order valence-electron chi connectivity index (χ2n) is 4.87. The van der Waals surface area contributed by atoms with Crippen LogP contribution in [0.1, 0.15) is 38.9 Å². The molecule has 1 fully saturated rings. The molecule has 1 aliphatic heterocycles. The van der Waals surface area contributed by atoms with E-state index >= 15 is 0 Å². The fraction of sp³-hybridized carbons (Fsp3) is 0.667. The van der Waals surface area contributed by atoms with E-state index in [1.54, 1.807) is 6.07 Å². The Bertz CT molecular complexity index is 408. The molecule has 0 spiro atoms. The molecule has 0 radical (unpaired) electrons. The first kappa shape index (κ1) is 13.0. The summed E-state index contributed by atoms with van der Waals surface area (Å²) in [4.78, 5) is 9.99. The summed E-state index contributed by atoms with van der Waals surface area (Å²) in [6.07, 6.45) is 3.61. The monoisotopic (exact) mass is 253 g/mol. The number of nitrogens with zero attached hydrogens (tertiary/aromatic N) is 2. The number of piperidine rings is 1. The Labute approximate surface area is 106 Å². The second-order valence-corrected chi connectivity index (χ2v) is 4.87. The number of hydrogen-bond acceptors (Lipinski definition) is 5. The Kier molecular flexibility index (Phi) is 3.98. The Morgan fingerprint density at radius 2 is 2.11 bits per heavy atom. The van der Waals surface area contributed by atoms with Gasteiger partial charge in [-0.25, -0.2) is 10.4 Å². The van der Waals surface area contributed by atoms with Crippen molar-refractivity contribution in [2.45, 2.75) is 51.7 Å². The molecule has 100 valence electrons. The number of nitro groups is 1. The van der Waals surface area contributed by atoms with Crippen molar-refractivity contribution >= 4 is 5.88 Å². The maximum atomic E-state index is 10.5. The van der Waals surface area contributed by atoms with Gasteiger partial charge in [-0.2, -0.15) is 0 Å². The number of furan rings is 1. The molecule has 6 heteroatoms. The molecule has 2 heterocycles. The van der Waals surface area contributed by atoms with Crippen molar-refractivity contribution in [3.05, 3.63) is 28.0 Å². The first-order valence-corrected chi connectivity index (χ1v) is 6.33. The van der Waals surface area contributed by atoms with Gasteiger partial charge in [0.2, 0.25) is 0 Å². The Morgan fingerprint density at radius 1 is 1.44 bits per heavy atom. The summed E-state index contributed by atoms with van der Waals surface area (Å²) < 4.78 is 5.12. The van der Waals surface area contributed by atoms with Crippen LogP contribution in [0.15, 0.2) is 16.5 Å². The fourth-order valence-electron chi connectivity index (χ4n) is 2.46. The highest BCUT2D eigenvalue weighted by molar-refractivity contribution is 5.17. The van der Waals surface area contributed by atoms with Gasteiger partial charge in [0, 0.05) is 12.1 Å². The highest BCUT2D eigenvalue weighted by atomic mass is 16.6. The molecule has 1 N–H and O–H groups in total. The molecule has 18 heavy (non-hydrogen) atoms. The van der Waals surface area contributed by atoms with Crippen LogP contribution < -0.4 is 5.43 Å². The molecule has 0 bridgehead atoms. The molecular weight excluding hydrogens is 234 g/mol. The van der Waals surface area contributed by atoms with E-state index < -0.39 is 4.92 Å². The minimum atomic E-state index is -0.518. The molecule has 1 aromatic rings. The number of hydrazine groups is 1. The zero-order chi connectivity index (χ0) is 13.1. The largest absolute Gasteiger partial charge is 0.433 e. The van der Waals surface area contributed by atoms with E-state index in [0.717, 1.165) is 0 Å². The van der Waals surface area contributed by atoms with E-state index in [1.165, 1.54) is 25.3 Å². The quantitative estimate of drug-likeness (QED) is 0.659. The van der Waals surface area contributed by atoms with E-state index in [0.29, 0.717) is 24.4 Å². The Morgan fingerprint density at radius 3 is 2.67 bits per heavy atom. The van der Waals surface area contributed by atoms with Crippen molar-refractivity contribution in [3.8, 4) is 0 Å². The standard InChI is InChI=1S/C12H19N3O3/c1-9-4-3-5-10(2)14(9)13-8-11-6-7-12(18-11)15(16)17/h6-7,9-10,13H,3-5,8H2,1-2H3. The van der Waals surface area contributed by atoms with Crippen LogP contribution in [-0.4, -0.2) is 22.0 Å². The first-order valence-electron chi connectivity index (χ1n) is 6.33. The van der Waals surface area contributed by atoms with Gasteiger partial charge in [-0.05, 0) is 32.8 Å². The molecule has 1 aromatic heterocycles. The highest BCUT2D eigenvalue weighted by Crippen LogP contribution is 2.21. The molecule has 0 aromatic carbocycles. The van der Waals surface area contributed by atoms with Gasteiger partial charge in [-0.3, -0.25) is 10.1 Å². The lowest BCUT2D eigenvalue weighted by molar-refractivity contribution is -0.402. The van der Waals surface area contributed by atoms with Crippen LogP contribution in [0, 0.1) is 10.1 Å². The molecule has 1 saturated heterocycles. The van der Waals surface area contributed by atoms with Crippen LogP contribution in [0.5, 0.6) is 0 Å². The third kappa shape index (κ3) is 2.88. The molecule has 2 rings (SSSR count). The lowest BCUT2D eigenvalue weighted by atomic mass is 10.00. The first-order chi connectivity index (χ1) is 8.58. The number of nitrogens with one attached hydrogen (secondary N) is 1. The summed E-state index contributed by atoms with van der Waals surface area (Å²) >= 11 is 0. The maximum Gasteiger partial charge on any atom is 0.433 e. The lowest BCUT2D eigenvalue weighted by Gasteiger charge is -2.38. The SMILES string of the molecule is CC1CCCC(C)N1NCc1ccc([N+](=O)[O-])o1. The smallest absolute Gasteiger partial charge is 0.404 e. The van der Waals surface area contributed by atoms with Gasteiger partial charge in [0.15, 0.2) is 0 Å². The van der Waals surface area contributed by atoms with Gasteiger partial charge in [0.25, 0.3) is 0 Å². The molecule has 0 amide bonds. The van der Waals surface area contributed by atoms with Crippen LogP contribution in [0.2, 0.25) is 0 Å². The summed E-state index contributed by atoms with van der Waals surface area (Å²) in [6.45, 7) is 4.86. The maximum absolute atomic E-state index is 10.5. The molecular formula is C12H19N3O3. The van der Waals surface area contributed by atoms with Gasteiger partial charge >= 0.3 is 5.88 Å². The average Bonchev–Trinajstić information content (AvgIpc) is 2.77. The molecule has 1 aliphatic rings. The van der Waals surface area contributed by atoms with E-state index in [1.807, 2.05) is 0 Å². The number of rotatable bonds is 4. The fourth-order valence-corrected chi connectivity index (χ4v) is 2.46. The van der Waals surface area contributed by atoms with Gasteiger partial charge in [0.05, 0.1) is 12.6 Å². The molecule has 2 unspecified atom stereocenters. The molecule has 0 saturated carbocycles. The molecule has 2 atom stereocenters.